The molecule has 0 nitrogen and oxygen atoms in total. The summed E-state index contributed by atoms with van der Waals surface area (Å²) in [6.07, 6.45) is 0. The Morgan fingerprint density at radius 1 is 0.435 bits per heavy atom. The molecule has 0 unspecified atom stereocenters. The standard InChI is InChI=1S/C16H18.C7H8/c1-11-5-7-15(13(3)9-11)16-8-6-12(2)10-14(16)4;1-7-5-3-2-4-6-7/h5-10H,1-4H3;2-6H,1H3. The molecule has 0 saturated carbocycles. The lowest BCUT2D eigenvalue weighted by atomic mass is 9.94. The summed E-state index contributed by atoms with van der Waals surface area (Å²) >= 11 is 0. The molecule has 0 aliphatic carbocycles. The Morgan fingerprint density at radius 2 is 0.870 bits per heavy atom. The summed E-state index contributed by atoms with van der Waals surface area (Å²) in [6.45, 7) is 10.7. The van der Waals surface area contributed by atoms with Crippen molar-refractivity contribution in [3.8, 4) is 11.1 Å². The van der Waals surface area contributed by atoms with Gasteiger partial charge >= 0.3 is 0 Å². The van der Waals surface area contributed by atoms with E-state index in [1.54, 1.807) is 0 Å². The van der Waals surface area contributed by atoms with Gasteiger partial charge in [-0.05, 0) is 56.9 Å². The molecule has 0 heteroatoms. The predicted octanol–water partition coefficient (Wildman–Crippen LogP) is 6.58. The van der Waals surface area contributed by atoms with E-state index in [2.05, 4.69) is 83.1 Å². The lowest BCUT2D eigenvalue weighted by Crippen LogP contribution is -1.88. The van der Waals surface area contributed by atoms with Crippen molar-refractivity contribution in [3.05, 3.63) is 94.5 Å². The van der Waals surface area contributed by atoms with Gasteiger partial charge in [0.05, 0.1) is 0 Å². The van der Waals surface area contributed by atoms with Crippen molar-refractivity contribution in [3.63, 3.8) is 0 Å². The average Bonchev–Trinajstić information content (AvgIpc) is 2.50. The third-order valence-corrected chi connectivity index (χ3v) is 3.99. The van der Waals surface area contributed by atoms with Gasteiger partial charge in [0.2, 0.25) is 0 Å². The van der Waals surface area contributed by atoms with Crippen LogP contribution < -0.4 is 0 Å². The molecule has 0 saturated heterocycles. The fourth-order valence-electron chi connectivity index (χ4n) is 2.77. The Morgan fingerprint density at radius 3 is 1.17 bits per heavy atom. The fraction of sp³-hybridized carbons (Fsp3) is 0.217. The summed E-state index contributed by atoms with van der Waals surface area (Å²) in [5.74, 6) is 0. The van der Waals surface area contributed by atoms with Gasteiger partial charge in [-0.15, -0.1) is 0 Å². The Bertz CT molecular complexity index is 718. The van der Waals surface area contributed by atoms with Crippen LogP contribution in [0.4, 0.5) is 0 Å². The molecule has 0 spiro atoms. The molecule has 3 aromatic rings. The molecule has 0 amide bonds. The van der Waals surface area contributed by atoms with Crippen molar-refractivity contribution in [1.82, 2.24) is 0 Å². The van der Waals surface area contributed by atoms with Crippen molar-refractivity contribution in [2.75, 3.05) is 0 Å². The van der Waals surface area contributed by atoms with Gasteiger partial charge in [-0.25, -0.2) is 0 Å². The molecule has 0 aliphatic rings. The van der Waals surface area contributed by atoms with E-state index in [9.17, 15) is 0 Å². The normalized spacial score (nSPS) is 9.96. The summed E-state index contributed by atoms with van der Waals surface area (Å²) in [7, 11) is 0. The summed E-state index contributed by atoms with van der Waals surface area (Å²) in [5, 5.41) is 0. The third-order valence-electron chi connectivity index (χ3n) is 3.99. The number of benzene rings is 3. The van der Waals surface area contributed by atoms with E-state index >= 15 is 0 Å². The van der Waals surface area contributed by atoms with Crippen LogP contribution in [-0.2, 0) is 0 Å². The van der Waals surface area contributed by atoms with E-state index in [0.29, 0.717) is 0 Å². The van der Waals surface area contributed by atoms with E-state index < -0.39 is 0 Å². The van der Waals surface area contributed by atoms with E-state index in [-0.39, 0.29) is 0 Å². The second kappa shape index (κ2) is 7.78. The zero-order valence-corrected chi connectivity index (χ0v) is 14.9. The SMILES string of the molecule is Cc1ccc(-c2ccc(C)cc2C)c(C)c1.Cc1ccccc1. The Balaban J connectivity index is 0.000000229. The first-order valence-electron chi connectivity index (χ1n) is 8.14. The molecule has 3 rings (SSSR count). The summed E-state index contributed by atoms with van der Waals surface area (Å²) in [6, 6.07) is 23.6. The van der Waals surface area contributed by atoms with Crippen LogP contribution in [0.5, 0.6) is 0 Å². The minimum atomic E-state index is 1.32. The molecule has 0 N–H and O–H groups in total. The molecule has 118 valence electrons. The van der Waals surface area contributed by atoms with E-state index in [4.69, 9.17) is 0 Å². The van der Waals surface area contributed by atoms with Crippen LogP contribution in [0.1, 0.15) is 27.8 Å². The smallest absolute Gasteiger partial charge is 0.0152 e. The fourth-order valence-corrected chi connectivity index (χ4v) is 2.77. The first-order chi connectivity index (χ1) is 11.0. The van der Waals surface area contributed by atoms with Gasteiger partial charge in [0.1, 0.15) is 0 Å². The molecule has 0 aromatic heterocycles. The quantitative estimate of drug-likeness (QED) is 0.476. The first-order valence-corrected chi connectivity index (χ1v) is 8.14. The highest BCUT2D eigenvalue weighted by Gasteiger charge is 2.04. The lowest BCUT2D eigenvalue weighted by molar-refractivity contribution is 1.34. The van der Waals surface area contributed by atoms with E-state index in [1.807, 2.05) is 18.2 Å². The highest BCUT2D eigenvalue weighted by molar-refractivity contribution is 5.71. The van der Waals surface area contributed by atoms with Crippen molar-refractivity contribution in [1.29, 1.82) is 0 Å². The largest absolute Gasteiger partial charge is 0.0622 e. The Kier molecular flexibility index (Phi) is 5.76. The Labute approximate surface area is 140 Å². The molecular weight excluding hydrogens is 276 g/mol. The third kappa shape index (κ3) is 4.82. The Hall–Kier alpha value is -2.34. The van der Waals surface area contributed by atoms with Crippen molar-refractivity contribution < 1.29 is 0 Å². The van der Waals surface area contributed by atoms with Crippen LogP contribution in [0.15, 0.2) is 66.7 Å². The molecule has 0 heterocycles. The molecular formula is C23H26. The summed E-state index contributed by atoms with van der Waals surface area (Å²) in [4.78, 5) is 0. The van der Waals surface area contributed by atoms with Crippen LogP contribution in [-0.4, -0.2) is 0 Å². The molecule has 0 fully saturated rings. The molecule has 3 aromatic carbocycles. The van der Waals surface area contributed by atoms with Gasteiger partial charge in [0, 0.05) is 0 Å². The number of hydrogen-bond donors (Lipinski definition) is 0. The number of aryl methyl sites for hydroxylation is 5. The lowest BCUT2D eigenvalue weighted by Gasteiger charge is -2.10. The van der Waals surface area contributed by atoms with Gasteiger partial charge in [0.15, 0.2) is 0 Å². The minimum absolute atomic E-state index is 1.32. The highest BCUT2D eigenvalue weighted by Crippen LogP contribution is 2.27. The van der Waals surface area contributed by atoms with E-state index in [0.717, 1.165) is 0 Å². The first kappa shape index (κ1) is 17.0. The minimum Gasteiger partial charge on any atom is -0.0622 e. The summed E-state index contributed by atoms with van der Waals surface area (Å²) < 4.78 is 0. The van der Waals surface area contributed by atoms with Crippen molar-refractivity contribution >= 4 is 0 Å². The maximum Gasteiger partial charge on any atom is -0.0152 e. The molecule has 23 heavy (non-hydrogen) atoms. The van der Waals surface area contributed by atoms with Gasteiger partial charge in [0.25, 0.3) is 0 Å². The van der Waals surface area contributed by atoms with Gasteiger partial charge in [-0.2, -0.15) is 0 Å². The van der Waals surface area contributed by atoms with Gasteiger partial charge < -0.3 is 0 Å². The second-order valence-corrected chi connectivity index (χ2v) is 6.29. The summed E-state index contributed by atoms with van der Waals surface area (Å²) in [5.41, 5.74) is 9.38. The van der Waals surface area contributed by atoms with Crippen LogP contribution in [0.2, 0.25) is 0 Å². The maximum atomic E-state index is 2.24. The molecule has 0 aliphatic heterocycles. The molecule has 0 atom stereocenters. The maximum absolute atomic E-state index is 2.24. The van der Waals surface area contributed by atoms with E-state index in [1.165, 1.54) is 38.9 Å². The topological polar surface area (TPSA) is 0 Å². The van der Waals surface area contributed by atoms with Crippen LogP contribution in [0.25, 0.3) is 11.1 Å². The zero-order valence-electron chi connectivity index (χ0n) is 14.9. The average molecular weight is 302 g/mol. The van der Waals surface area contributed by atoms with Crippen LogP contribution in [0.3, 0.4) is 0 Å². The van der Waals surface area contributed by atoms with Crippen molar-refractivity contribution in [2.45, 2.75) is 34.6 Å². The second-order valence-electron chi connectivity index (χ2n) is 6.29. The zero-order chi connectivity index (χ0) is 16.8. The molecule has 0 radical (unpaired) electrons. The van der Waals surface area contributed by atoms with Crippen LogP contribution in [0, 0.1) is 34.6 Å². The monoisotopic (exact) mass is 302 g/mol. The van der Waals surface area contributed by atoms with Crippen molar-refractivity contribution in [2.24, 2.45) is 0 Å². The number of rotatable bonds is 1. The van der Waals surface area contributed by atoms with Gasteiger partial charge in [-0.1, -0.05) is 83.4 Å². The van der Waals surface area contributed by atoms with Gasteiger partial charge in [-0.3, -0.25) is 0 Å². The highest BCUT2D eigenvalue weighted by atomic mass is 14.1. The number of hydrogen-bond acceptors (Lipinski definition) is 0. The molecule has 0 bridgehead atoms. The van der Waals surface area contributed by atoms with Crippen LogP contribution >= 0.6 is 0 Å². The predicted molar refractivity (Wildman–Crippen MR) is 102 cm³/mol.